The van der Waals surface area contributed by atoms with Crippen molar-refractivity contribution in [3.05, 3.63) is 29.3 Å². The molecule has 6 nitrogen and oxygen atoms in total. The van der Waals surface area contributed by atoms with Crippen molar-refractivity contribution in [1.29, 1.82) is 0 Å². The maximum absolute atomic E-state index is 12.9. The molecule has 124 valence electrons. The quantitative estimate of drug-likeness (QED) is 0.538. The molecule has 0 aromatic heterocycles. The molecule has 0 aliphatic heterocycles. The molecule has 0 spiro atoms. The number of benzene rings is 1. The predicted octanol–water partition coefficient (Wildman–Crippen LogP) is 3.91. The largest absolute Gasteiger partial charge is 0.464 e. The molecule has 1 rings (SSSR count). The maximum Gasteiger partial charge on any atom is 0.364 e. The number of ether oxygens (including phenoxy) is 1. The number of carbonyl (C=O) groups is 1. The summed E-state index contributed by atoms with van der Waals surface area (Å²) in [6.07, 6.45) is 0. The van der Waals surface area contributed by atoms with Crippen LogP contribution in [-0.4, -0.2) is 31.6 Å². The van der Waals surface area contributed by atoms with Crippen molar-refractivity contribution in [2.24, 2.45) is 0 Å². The van der Waals surface area contributed by atoms with Gasteiger partial charge in [-0.05, 0) is 32.9 Å². The zero-order valence-electron chi connectivity index (χ0n) is 12.9. The second kappa shape index (κ2) is 9.16. The molecule has 22 heavy (non-hydrogen) atoms. The van der Waals surface area contributed by atoms with E-state index in [4.69, 9.17) is 25.4 Å². The first-order chi connectivity index (χ1) is 10.5. The van der Waals surface area contributed by atoms with Gasteiger partial charge in [0.1, 0.15) is 0 Å². The summed E-state index contributed by atoms with van der Waals surface area (Å²) in [5, 5.41) is 3.21. The lowest BCUT2D eigenvalue weighted by Gasteiger charge is -2.26. The van der Waals surface area contributed by atoms with Crippen LogP contribution in [0.4, 0.5) is 5.69 Å². The highest BCUT2D eigenvalue weighted by molar-refractivity contribution is 7.55. The molecule has 0 fully saturated rings. The Morgan fingerprint density at radius 2 is 1.77 bits per heavy atom. The van der Waals surface area contributed by atoms with Gasteiger partial charge in [-0.1, -0.05) is 23.7 Å². The van der Waals surface area contributed by atoms with Gasteiger partial charge in [-0.25, -0.2) is 4.79 Å². The molecular weight excluding hydrogens is 329 g/mol. The van der Waals surface area contributed by atoms with Crippen molar-refractivity contribution in [1.82, 2.24) is 0 Å². The Bertz CT molecular complexity index is 530. The Balaban J connectivity index is 3.14. The van der Waals surface area contributed by atoms with Crippen molar-refractivity contribution in [2.75, 3.05) is 25.1 Å². The Morgan fingerprint density at radius 1 is 1.18 bits per heavy atom. The number of anilines is 1. The van der Waals surface area contributed by atoms with Crippen LogP contribution in [0.15, 0.2) is 24.3 Å². The molecule has 0 aliphatic rings. The van der Waals surface area contributed by atoms with Crippen LogP contribution in [0, 0.1) is 0 Å². The Morgan fingerprint density at radius 3 is 2.27 bits per heavy atom. The van der Waals surface area contributed by atoms with Crippen LogP contribution in [0.1, 0.15) is 20.8 Å². The summed E-state index contributed by atoms with van der Waals surface area (Å²) in [5.74, 6) is -2.00. The van der Waals surface area contributed by atoms with E-state index in [2.05, 4.69) is 5.32 Å². The van der Waals surface area contributed by atoms with E-state index < -0.39 is 19.3 Å². The number of esters is 1. The summed E-state index contributed by atoms with van der Waals surface area (Å²) in [6.45, 7) is 5.43. The first-order valence-electron chi connectivity index (χ1n) is 7.05. The van der Waals surface area contributed by atoms with Gasteiger partial charge in [-0.2, -0.15) is 0 Å². The lowest BCUT2D eigenvalue weighted by molar-refractivity contribution is -0.142. The zero-order valence-corrected chi connectivity index (χ0v) is 14.5. The number of rotatable bonds is 9. The molecule has 0 saturated carbocycles. The average molecular weight is 350 g/mol. The topological polar surface area (TPSA) is 73.9 Å². The van der Waals surface area contributed by atoms with Crippen LogP contribution in [-0.2, 0) is 23.1 Å². The smallest absolute Gasteiger partial charge is 0.364 e. The lowest BCUT2D eigenvalue weighted by Crippen LogP contribution is -2.33. The summed E-state index contributed by atoms with van der Waals surface area (Å²) in [5.41, 5.74) is 0.446. The summed E-state index contributed by atoms with van der Waals surface area (Å²) in [4.78, 5) is 12.2. The minimum atomic E-state index is -3.74. The maximum atomic E-state index is 12.9. The monoisotopic (exact) mass is 349 g/mol. The van der Waals surface area contributed by atoms with Gasteiger partial charge in [0.05, 0.1) is 30.5 Å². The summed E-state index contributed by atoms with van der Waals surface area (Å²) in [6, 6.07) is 6.80. The van der Waals surface area contributed by atoms with Gasteiger partial charge in [-0.3, -0.25) is 4.57 Å². The molecular formula is C14H21ClNO5P. The average Bonchev–Trinajstić information content (AvgIpc) is 2.47. The third-order valence-electron chi connectivity index (χ3n) is 2.61. The highest BCUT2D eigenvalue weighted by Crippen LogP contribution is 2.53. The zero-order chi connectivity index (χ0) is 16.6. The number of hydrogen-bond donors (Lipinski definition) is 1. The fraction of sp³-hybridized carbons (Fsp3) is 0.500. The van der Waals surface area contributed by atoms with E-state index >= 15 is 0 Å². The van der Waals surface area contributed by atoms with E-state index in [1.54, 1.807) is 45.0 Å². The van der Waals surface area contributed by atoms with Gasteiger partial charge in [0.25, 0.3) is 0 Å². The molecule has 0 heterocycles. The van der Waals surface area contributed by atoms with Crippen LogP contribution in [0.25, 0.3) is 0 Å². The number of nitrogens with one attached hydrogen (secondary N) is 1. The van der Waals surface area contributed by atoms with Crippen LogP contribution < -0.4 is 5.32 Å². The number of para-hydroxylation sites is 1. The predicted molar refractivity (Wildman–Crippen MR) is 86.4 cm³/mol. The van der Waals surface area contributed by atoms with E-state index in [1.165, 1.54) is 0 Å². The van der Waals surface area contributed by atoms with Crippen LogP contribution in [0.2, 0.25) is 5.02 Å². The normalized spacial score (nSPS) is 12.7. The van der Waals surface area contributed by atoms with Gasteiger partial charge in [0.2, 0.25) is 5.78 Å². The molecule has 1 aromatic carbocycles. The van der Waals surface area contributed by atoms with E-state index in [9.17, 15) is 9.36 Å². The third-order valence-corrected chi connectivity index (χ3v) is 5.15. The van der Waals surface area contributed by atoms with Gasteiger partial charge in [-0.15, -0.1) is 0 Å². The first-order valence-corrected chi connectivity index (χ1v) is 9.04. The van der Waals surface area contributed by atoms with Crippen molar-refractivity contribution in [3.63, 3.8) is 0 Å². The van der Waals surface area contributed by atoms with Crippen molar-refractivity contribution in [3.8, 4) is 0 Å². The molecule has 1 N–H and O–H groups in total. The highest BCUT2D eigenvalue weighted by atomic mass is 35.5. The summed E-state index contributed by atoms with van der Waals surface area (Å²) in [7, 11) is -3.74. The molecule has 1 aromatic rings. The number of carbonyl (C=O) groups excluding carboxylic acids is 1. The number of halogens is 1. The van der Waals surface area contributed by atoms with Crippen LogP contribution in [0.5, 0.6) is 0 Å². The second-order valence-electron chi connectivity index (χ2n) is 4.15. The van der Waals surface area contributed by atoms with E-state index in [0.29, 0.717) is 10.7 Å². The van der Waals surface area contributed by atoms with Gasteiger partial charge < -0.3 is 19.1 Å². The van der Waals surface area contributed by atoms with Crippen molar-refractivity contribution in [2.45, 2.75) is 26.6 Å². The van der Waals surface area contributed by atoms with Crippen LogP contribution in [0.3, 0.4) is 0 Å². The van der Waals surface area contributed by atoms with Crippen molar-refractivity contribution >= 4 is 30.9 Å². The Kier molecular flexibility index (Phi) is 7.90. The van der Waals surface area contributed by atoms with Crippen LogP contribution >= 0.6 is 19.2 Å². The molecule has 0 saturated heterocycles. The SMILES string of the molecule is CCOC(=O)C(Nc1ccccc1Cl)P(=O)(OCC)OCC. The lowest BCUT2D eigenvalue weighted by atomic mass is 10.3. The van der Waals surface area contributed by atoms with E-state index in [0.717, 1.165) is 0 Å². The fourth-order valence-electron chi connectivity index (χ4n) is 1.76. The van der Waals surface area contributed by atoms with Gasteiger partial charge in [0.15, 0.2) is 0 Å². The molecule has 0 aliphatic carbocycles. The summed E-state index contributed by atoms with van der Waals surface area (Å²) >= 11 is 6.07. The molecule has 0 radical (unpaired) electrons. The minimum absolute atomic E-state index is 0.136. The standard InChI is InChI=1S/C14H21ClNO5P/c1-4-19-14(17)13(22(18,20-5-2)21-6-3)16-12-10-8-7-9-11(12)15/h7-10,13,16H,4-6H2,1-3H3. The molecule has 1 unspecified atom stereocenters. The number of hydrogen-bond acceptors (Lipinski definition) is 6. The highest BCUT2D eigenvalue weighted by Gasteiger charge is 2.42. The van der Waals surface area contributed by atoms with Crippen molar-refractivity contribution < 1.29 is 23.1 Å². The van der Waals surface area contributed by atoms with Gasteiger partial charge in [0, 0.05) is 0 Å². The third kappa shape index (κ3) is 4.99. The Labute approximate surface area is 135 Å². The molecule has 1 atom stereocenters. The molecule has 8 heteroatoms. The summed E-state index contributed by atoms with van der Waals surface area (Å²) < 4.78 is 28.3. The minimum Gasteiger partial charge on any atom is -0.464 e. The first kappa shape index (κ1) is 19.0. The molecule has 0 amide bonds. The van der Waals surface area contributed by atoms with Gasteiger partial charge >= 0.3 is 13.6 Å². The van der Waals surface area contributed by atoms with E-state index in [1.807, 2.05) is 0 Å². The van der Waals surface area contributed by atoms with E-state index in [-0.39, 0.29) is 19.8 Å². The second-order valence-corrected chi connectivity index (χ2v) is 6.67. The fourth-order valence-corrected chi connectivity index (χ4v) is 3.67. The molecule has 0 bridgehead atoms. The Hall–Kier alpha value is -1.07.